The highest BCUT2D eigenvalue weighted by Crippen LogP contribution is 2.10. The van der Waals surface area contributed by atoms with E-state index in [-0.39, 0.29) is 11.4 Å². The van der Waals surface area contributed by atoms with Crippen LogP contribution in [-0.2, 0) is 22.6 Å². The minimum Gasteiger partial charge on any atom is -0.423 e. The molecular weight excluding hydrogens is 386 g/mol. The molecule has 2 atom stereocenters. The van der Waals surface area contributed by atoms with Crippen LogP contribution in [0.1, 0.15) is 32.4 Å². The molecule has 9 heteroatoms. The Balaban J connectivity index is 1.61. The molecule has 1 fully saturated rings. The lowest BCUT2D eigenvalue weighted by Gasteiger charge is -2.25. The maximum absolute atomic E-state index is 12.3. The summed E-state index contributed by atoms with van der Waals surface area (Å²) in [4.78, 5) is 38.1. The van der Waals surface area contributed by atoms with Crippen LogP contribution in [0.5, 0.6) is 0 Å². The van der Waals surface area contributed by atoms with E-state index in [1.165, 1.54) is 0 Å². The van der Waals surface area contributed by atoms with E-state index < -0.39 is 18.7 Å². The van der Waals surface area contributed by atoms with Crippen molar-refractivity contribution in [2.24, 2.45) is 0 Å². The lowest BCUT2D eigenvalue weighted by molar-refractivity contribution is -0.0175. The van der Waals surface area contributed by atoms with Crippen molar-refractivity contribution in [1.29, 1.82) is 0 Å². The first kappa shape index (κ1) is 20.4. The van der Waals surface area contributed by atoms with Gasteiger partial charge in [-0.05, 0) is 24.3 Å². The highest BCUT2D eigenvalue weighted by Gasteiger charge is 2.18. The second kappa shape index (κ2) is 9.75. The van der Waals surface area contributed by atoms with Crippen LogP contribution >= 0.6 is 0 Å². The molecule has 2 aromatic heterocycles. The Morgan fingerprint density at radius 3 is 1.73 bits per heavy atom. The molecule has 2 unspecified atom stereocenters. The monoisotopic (exact) mass is 411 g/mol. The fourth-order valence-corrected chi connectivity index (χ4v) is 3.53. The molecule has 0 spiro atoms. The number of rotatable bonds is 0. The van der Waals surface area contributed by atoms with Crippen molar-refractivity contribution in [3.63, 3.8) is 0 Å². The van der Waals surface area contributed by atoms with E-state index in [1.807, 2.05) is 12.1 Å². The van der Waals surface area contributed by atoms with Gasteiger partial charge in [-0.25, -0.2) is 19.6 Å². The second-order valence-electron chi connectivity index (χ2n) is 7.31. The molecule has 0 aliphatic carbocycles. The average molecular weight is 411 g/mol. The standard InChI is InChI=1S/C21H25N5O4/c27-20-18-5-1-3-16(23-18)13-25-9-7-22-8-10-26(12-11-25)14-17-4-2-6-19(24-17)21(28)30-15-29-20/h1-6,22H,7-15H2. The van der Waals surface area contributed by atoms with Gasteiger partial charge >= 0.3 is 11.9 Å². The summed E-state index contributed by atoms with van der Waals surface area (Å²) >= 11 is 0. The number of cyclic esters (lactones) is 2. The quantitative estimate of drug-likeness (QED) is 0.627. The summed E-state index contributed by atoms with van der Waals surface area (Å²) < 4.78 is 10.1. The van der Waals surface area contributed by atoms with Crippen molar-refractivity contribution in [1.82, 2.24) is 25.1 Å². The maximum atomic E-state index is 12.3. The van der Waals surface area contributed by atoms with E-state index in [4.69, 9.17) is 9.47 Å². The van der Waals surface area contributed by atoms with Crippen LogP contribution in [-0.4, -0.2) is 77.8 Å². The van der Waals surface area contributed by atoms with E-state index in [2.05, 4.69) is 25.1 Å². The number of hydrogen-bond acceptors (Lipinski definition) is 9. The van der Waals surface area contributed by atoms with Crippen molar-refractivity contribution in [3.05, 3.63) is 59.2 Å². The molecule has 0 amide bonds. The first-order valence-electron chi connectivity index (χ1n) is 10.1. The van der Waals surface area contributed by atoms with Gasteiger partial charge in [0, 0.05) is 52.4 Å². The molecule has 158 valence electrons. The molecular formula is C21H25N5O4. The molecule has 0 saturated carbocycles. The minimum absolute atomic E-state index is 0.192. The van der Waals surface area contributed by atoms with Gasteiger partial charge in [0.05, 0.1) is 11.4 Å². The Bertz CT molecular complexity index is 835. The van der Waals surface area contributed by atoms with Gasteiger partial charge in [0.25, 0.3) is 0 Å². The van der Waals surface area contributed by atoms with E-state index >= 15 is 0 Å². The number of fused-ring (bicyclic) bond motifs is 7. The van der Waals surface area contributed by atoms with Crippen molar-refractivity contribution < 1.29 is 19.1 Å². The normalized spacial score (nSPS) is 23.3. The third kappa shape index (κ3) is 5.38. The Hall–Kier alpha value is -2.88. The zero-order chi connectivity index (χ0) is 20.8. The highest BCUT2D eigenvalue weighted by molar-refractivity contribution is 5.88. The Kier molecular flexibility index (Phi) is 6.63. The fraction of sp³-hybridized carbons (Fsp3) is 0.429. The molecule has 2 aliphatic heterocycles. The van der Waals surface area contributed by atoms with Crippen LogP contribution in [0.15, 0.2) is 36.4 Å². The van der Waals surface area contributed by atoms with Gasteiger partial charge in [0.15, 0.2) is 0 Å². The third-order valence-corrected chi connectivity index (χ3v) is 5.13. The van der Waals surface area contributed by atoms with Crippen LogP contribution in [0.2, 0.25) is 0 Å². The number of nitrogens with one attached hydrogen (secondary N) is 1. The molecule has 1 saturated heterocycles. The number of esters is 2. The van der Waals surface area contributed by atoms with Gasteiger partial charge in [-0.15, -0.1) is 0 Å². The molecule has 4 rings (SSSR count). The van der Waals surface area contributed by atoms with E-state index in [9.17, 15) is 9.59 Å². The van der Waals surface area contributed by atoms with Crippen LogP contribution in [0, 0.1) is 0 Å². The number of aromatic nitrogens is 2. The number of pyridine rings is 2. The van der Waals surface area contributed by atoms with Gasteiger partial charge < -0.3 is 14.8 Å². The van der Waals surface area contributed by atoms with Gasteiger partial charge in [-0.1, -0.05) is 12.1 Å². The third-order valence-electron chi connectivity index (χ3n) is 5.13. The number of ether oxygens (including phenoxy) is 2. The predicted octanol–water partition coefficient (Wildman–Crippen LogP) is 0.669. The van der Waals surface area contributed by atoms with Gasteiger partial charge in [0.2, 0.25) is 6.79 Å². The SMILES string of the molecule is O=C1OCOC(=O)c2cccc(n2)CN2CCNCCN(CC2)Cc2cccc1n2. The van der Waals surface area contributed by atoms with Gasteiger partial charge in [-0.3, -0.25) is 9.80 Å². The number of carbonyl (C=O) groups excluding carboxylic acids is 2. The first-order valence-corrected chi connectivity index (χ1v) is 10.1. The summed E-state index contributed by atoms with van der Waals surface area (Å²) in [7, 11) is 0. The summed E-state index contributed by atoms with van der Waals surface area (Å²) in [6.45, 7) is 6.06. The Morgan fingerprint density at radius 1 is 0.733 bits per heavy atom. The van der Waals surface area contributed by atoms with Gasteiger partial charge in [-0.2, -0.15) is 0 Å². The van der Waals surface area contributed by atoms with E-state index in [0.717, 1.165) is 50.7 Å². The topological polar surface area (TPSA) is 96.9 Å². The molecule has 0 aromatic carbocycles. The molecule has 4 heterocycles. The second-order valence-corrected chi connectivity index (χ2v) is 7.31. The zero-order valence-corrected chi connectivity index (χ0v) is 16.7. The average Bonchev–Trinajstić information content (AvgIpc) is 2.86. The lowest BCUT2D eigenvalue weighted by Crippen LogP contribution is -2.35. The summed E-state index contributed by atoms with van der Waals surface area (Å²) in [6.07, 6.45) is 0. The Labute approximate surface area is 175 Å². The van der Waals surface area contributed by atoms with Crippen molar-refractivity contribution in [2.45, 2.75) is 13.1 Å². The number of carbonyl (C=O) groups is 2. The summed E-state index contributed by atoms with van der Waals surface area (Å²) in [6, 6.07) is 10.6. The van der Waals surface area contributed by atoms with Crippen LogP contribution in [0.3, 0.4) is 0 Å². The smallest absolute Gasteiger partial charge is 0.359 e. The molecule has 1 N–H and O–H groups in total. The first-order chi connectivity index (χ1) is 14.7. The molecule has 2 aromatic rings. The molecule has 30 heavy (non-hydrogen) atoms. The highest BCUT2D eigenvalue weighted by atomic mass is 16.7. The molecule has 0 radical (unpaired) electrons. The van der Waals surface area contributed by atoms with Crippen molar-refractivity contribution >= 4 is 11.9 Å². The molecule has 6 bridgehead atoms. The maximum Gasteiger partial charge on any atom is 0.359 e. The Morgan fingerprint density at radius 2 is 1.23 bits per heavy atom. The number of hydrogen-bond donors (Lipinski definition) is 1. The molecule has 2 aliphatic rings. The predicted molar refractivity (Wildman–Crippen MR) is 108 cm³/mol. The fourth-order valence-electron chi connectivity index (χ4n) is 3.53. The summed E-state index contributed by atoms with van der Waals surface area (Å²) in [5, 5.41) is 3.46. The zero-order valence-electron chi connectivity index (χ0n) is 16.7. The summed E-state index contributed by atoms with van der Waals surface area (Å²) in [5.74, 6) is -1.26. The lowest BCUT2D eigenvalue weighted by atomic mass is 10.2. The van der Waals surface area contributed by atoms with Crippen molar-refractivity contribution in [3.8, 4) is 0 Å². The largest absolute Gasteiger partial charge is 0.423 e. The number of nitrogens with zero attached hydrogens (tertiary/aromatic N) is 4. The van der Waals surface area contributed by atoms with Crippen LogP contribution in [0.25, 0.3) is 0 Å². The molecule has 9 nitrogen and oxygen atoms in total. The van der Waals surface area contributed by atoms with E-state index in [1.54, 1.807) is 24.3 Å². The summed E-state index contributed by atoms with van der Waals surface area (Å²) in [5.41, 5.74) is 1.98. The van der Waals surface area contributed by atoms with Crippen molar-refractivity contribution in [2.75, 3.05) is 46.1 Å². The minimum atomic E-state index is -0.631. The van der Waals surface area contributed by atoms with Crippen LogP contribution < -0.4 is 5.32 Å². The van der Waals surface area contributed by atoms with Gasteiger partial charge in [0.1, 0.15) is 11.4 Å². The van der Waals surface area contributed by atoms with E-state index in [0.29, 0.717) is 13.1 Å². The van der Waals surface area contributed by atoms with Crippen LogP contribution in [0.4, 0.5) is 0 Å².